The molecule has 8 heteroatoms. The second-order valence-corrected chi connectivity index (χ2v) is 3.97. The number of carbonyl (C=O) groups excluding carboxylic acids is 1. The van der Waals surface area contributed by atoms with Crippen molar-refractivity contribution < 1.29 is 27.9 Å². The first-order chi connectivity index (χ1) is 8.79. The van der Waals surface area contributed by atoms with E-state index < -0.39 is 23.3 Å². The fraction of sp³-hybridized carbons (Fsp3) is 0.273. The predicted octanol–water partition coefficient (Wildman–Crippen LogP) is 1.64. The number of nitrogens with zero attached hydrogens (tertiary/aromatic N) is 1. The number of carbonyl (C=O) groups is 2. The maximum Gasteiger partial charge on any atom is 0.418 e. The van der Waals surface area contributed by atoms with E-state index in [-0.39, 0.29) is 24.6 Å². The molecule has 0 saturated carbocycles. The van der Waals surface area contributed by atoms with Crippen molar-refractivity contribution >= 4 is 17.6 Å². The molecule has 2 N–H and O–H groups in total. The van der Waals surface area contributed by atoms with Crippen molar-refractivity contribution in [2.75, 3.05) is 11.6 Å². The highest BCUT2D eigenvalue weighted by atomic mass is 19.4. The maximum atomic E-state index is 12.9. The zero-order valence-electron chi connectivity index (χ0n) is 9.49. The largest absolute Gasteiger partial charge is 0.478 e. The maximum absolute atomic E-state index is 12.9. The molecule has 2 rings (SSSR count). The van der Waals surface area contributed by atoms with Gasteiger partial charge in [-0.15, -0.1) is 0 Å². The summed E-state index contributed by atoms with van der Waals surface area (Å²) in [6.07, 6.45) is -4.61. The molecule has 1 aromatic rings. The molecule has 0 unspecified atom stereocenters. The number of amides is 1. The van der Waals surface area contributed by atoms with E-state index in [2.05, 4.69) is 5.43 Å². The molecule has 0 atom stereocenters. The number of nitrogens with one attached hydrogen (secondary N) is 1. The van der Waals surface area contributed by atoms with E-state index in [0.29, 0.717) is 6.07 Å². The zero-order chi connectivity index (χ0) is 14.2. The highest BCUT2D eigenvalue weighted by molar-refractivity contribution is 5.89. The van der Waals surface area contributed by atoms with Gasteiger partial charge in [-0.3, -0.25) is 15.2 Å². The van der Waals surface area contributed by atoms with Crippen LogP contribution in [0.25, 0.3) is 0 Å². The molecule has 0 spiro atoms. The molecular formula is C11H9F3N2O3. The van der Waals surface area contributed by atoms with Crippen molar-refractivity contribution in [3.8, 4) is 0 Å². The fourth-order valence-corrected chi connectivity index (χ4v) is 1.79. The van der Waals surface area contributed by atoms with Crippen LogP contribution < -0.4 is 10.4 Å². The van der Waals surface area contributed by atoms with E-state index in [1.165, 1.54) is 0 Å². The second-order valence-electron chi connectivity index (χ2n) is 3.97. The standard InChI is InChI=1S/C11H9F3N2O3/c12-11(13,14)7-5-6(10(18)19)1-2-8(7)16-4-3-9(17)15-16/h1-2,5H,3-4H2,(H,15,17)(H,18,19). The van der Waals surface area contributed by atoms with Gasteiger partial charge in [0.2, 0.25) is 5.91 Å². The summed E-state index contributed by atoms with van der Waals surface area (Å²) in [5.74, 6) is -1.82. The van der Waals surface area contributed by atoms with Gasteiger partial charge in [0.1, 0.15) is 0 Å². The molecule has 1 fully saturated rings. The molecule has 1 aromatic carbocycles. The van der Waals surface area contributed by atoms with Crippen LogP contribution in [0.2, 0.25) is 0 Å². The average molecular weight is 274 g/mol. The number of hydrogen-bond donors (Lipinski definition) is 2. The number of hydrogen-bond acceptors (Lipinski definition) is 3. The van der Waals surface area contributed by atoms with E-state index in [0.717, 1.165) is 17.1 Å². The Bertz CT molecular complexity index is 542. The number of rotatable bonds is 2. The highest BCUT2D eigenvalue weighted by Crippen LogP contribution is 2.37. The lowest BCUT2D eigenvalue weighted by Crippen LogP contribution is -2.34. The van der Waals surface area contributed by atoms with Gasteiger partial charge in [-0.2, -0.15) is 13.2 Å². The predicted molar refractivity (Wildman–Crippen MR) is 58.5 cm³/mol. The van der Waals surface area contributed by atoms with Gasteiger partial charge in [-0.25, -0.2) is 4.79 Å². The minimum Gasteiger partial charge on any atom is -0.478 e. The first-order valence-corrected chi connectivity index (χ1v) is 5.30. The summed E-state index contributed by atoms with van der Waals surface area (Å²) in [5, 5.41) is 9.79. The minimum atomic E-state index is -4.70. The minimum absolute atomic E-state index is 0.0952. The molecule has 1 saturated heterocycles. The summed E-state index contributed by atoms with van der Waals surface area (Å²) >= 11 is 0. The fourth-order valence-electron chi connectivity index (χ4n) is 1.79. The number of hydrazine groups is 1. The van der Waals surface area contributed by atoms with Crippen LogP contribution in [0.5, 0.6) is 0 Å². The normalized spacial score (nSPS) is 15.5. The number of aromatic carboxylic acids is 1. The number of carboxylic acids is 1. The van der Waals surface area contributed by atoms with Crippen LogP contribution in [0.4, 0.5) is 18.9 Å². The molecule has 5 nitrogen and oxygen atoms in total. The molecular weight excluding hydrogens is 265 g/mol. The van der Waals surface area contributed by atoms with E-state index in [1.54, 1.807) is 0 Å². The summed E-state index contributed by atoms with van der Waals surface area (Å²) in [5.41, 5.74) is 0.472. The summed E-state index contributed by atoms with van der Waals surface area (Å²) in [6, 6.07) is 2.66. The molecule has 0 radical (unpaired) electrons. The van der Waals surface area contributed by atoms with Gasteiger partial charge >= 0.3 is 12.1 Å². The molecule has 1 aliphatic heterocycles. The number of halogens is 3. The van der Waals surface area contributed by atoms with Crippen molar-refractivity contribution in [2.24, 2.45) is 0 Å². The third-order valence-electron chi connectivity index (χ3n) is 2.66. The Morgan fingerprint density at radius 3 is 2.53 bits per heavy atom. The van der Waals surface area contributed by atoms with Crippen LogP contribution in [0.1, 0.15) is 22.3 Å². The van der Waals surface area contributed by atoms with Crippen molar-refractivity contribution in [1.29, 1.82) is 0 Å². The quantitative estimate of drug-likeness (QED) is 0.860. The summed E-state index contributed by atoms with van der Waals surface area (Å²) in [6.45, 7) is 0.105. The van der Waals surface area contributed by atoms with Crippen LogP contribution in [0.3, 0.4) is 0 Å². The summed E-state index contributed by atoms with van der Waals surface area (Å²) < 4.78 is 38.7. The van der Waals surface area contributed by atoms with Gasteiger partial charge in [0.25, 0.3) is 0 Å². The molecule has 0 aromatic heterocycles. The topological polar surface area (TPSA) is 69.6 Å². The van der Waals surface area contributed by atoms with Gasteiger partial charge in [0.05, 0.1) is 16.8 Å². The first kappa shape index (κ1) is 13.2. The number of anilines is 1. The Morgan fingerprint density at radius 2 is 2.05 bits per heavy atom. The van der Waals surface area contributed by atoms with Gasteiger partial charge in [0, 0.05) is 13.0 Å². The van der Waals surface area contributed by atoms with Crippen molar-refractivity contribution in [3.05, 3.63) is 29.3 Å². The Labute approximate surface area is 105 Å². The second kappa shape index (κ2) is 4.45. The zero-order valence-corrected chi connectivity index (χ0v) is 9.49. The SMILES string of the molecule is O=C1CCN(c2ccc(C(=O)O)cc2C(F)(F)F)N1. The monoisotopic (exact) mass is 274 g/mol. The third-order valence-corrected chi connectivity index (χ3v) is 2.66. The van der Waals surface area contributed by atoms with Crippen molar-refractivity contribution in [1.82, 2.24) is 5.43 Å². The molecule has 1 amide bonds. The number of benzene rings is 1. The van der Waals surface area contributed by atoms with Crippen LogP contribution >= 0.6 is 0 Å². The number of carboxylic acid groups (broad SMARTS) is 1. The third kappa shape index (κ3) is 2.61. The summed E-state index contributed by atoms with van der Waals surface area (Å²) in [7, 11) is 0. The van der Waals surface area contributed by atoms with E-state index in [9.17, 15) is 22.8 Å². The molecule has 0 aliphatic carbocycles. The lowest BCUT2D eigenvalue weighted by Gasteiger charge is -2.22. The molecule has 1 aliphatic rings. The molecule has 0 bridgehead atoms. The van der Waals surface area contributed by atoms with E-state index in [4.69, 9.17) is 5.11 Å². The Balaban J connectivity index is 2.48. The van der Waals surface area contributed by atoms with Crippen LogP contribution in [-0.4, -0.2) is 23.5 Å². The molecule has 19 heavy (non-hydrogen) atoms. The first-order valence-electron chi connectivity index (χ1n) is 5.30. The highest BCUT2D eigenvalue weighted by Gasteiger charge is 2.37. The van der Waals surface area contributed by atoms with Gasteiger partial charge in [0.15, 0.2) is 0 Å². The van der Waals surface area contributed by atoms with Gasteiger partial charge < -0.3 is 5.11 Å². The Hall–Kier alpha value is -2.25. The lowest BCUT2D eigenvalue weighted by molar-refractivity contribution is -0.137. The van der Waals surface area contributed by atoms with Crippen LogP contribution in [0.15, 0.2) is 18.2 Å². The van der Waals surface area contributed by atoms with Gasteiger partial charge in [-0.05, 0) is 18.2 Å². The lowest BCUT2D eigenvalue weighted by atomic mass is 10.1. The van der Waals surface area contributed by atoms with E-state index >= 15 is 0 Å². The summed E-state index contributed by atoms with van der Waals surface area (Å²) in [4.78, 5) is 21.7. The van der Waals surface area contributed by atoms with Crippen LogP contribution in [0, 0.1) is 0 Å². The van der Waals surface area contributed by atoms with E-state index in [1.807, 2.05) is 0 Å². The Kier molecular flexibility index (Phi) is 3.09. The number of alkyl halides is 3. The van der Waals surface area contributed by atoms with Crippen LogP contribution in [-0.2, 0) is 11.0 Å². The Morgan fingerprint density at radius 1 is 1.37 bits per heavy atom. The average Bonchev–Trinajstić information content (AvgIpc) is 2.73. The molecule has 1 heterocycles. The van der Waals surface area contributed by atoms with Gasteiger partial charge in [-0.1, -0.05) is 0 Å². The van der Waals surface area contributed by atoms with Crippen molar-refractivity contribution in [2.45, 2.75) is 12.6 Å². The van der Waals surface area contributed by atoms with Crippen molar-refractivity contribution in [3.63, 3.8) is 0 Å². The smallest absolute Gasteiger partial charge is 0.418 e. The molecule has 102 valence electrons.